The van der Waals surface area contributed by atoms with Crippen molar-refractivity contribution in [3.63, 3.8) is 0 Å². The molecule has 1 aliphatic carbocycles. The Morgan fingerprint density at radius 1 is 1.09 bits per heavy atom. The lowest BCUT2D eigenvalue weighted by atomic mass is 9.90. The SMILES string of the molecule is COC(=O)CSc1cc(N(Cc2ccc(Cl)nc2)C(=O)C2=C(C(=O)OC)CCCC2)c(F)cc1Cl. The van der Waals surface area contributed by atoms with Gasteiger partial charge in [-0.15, -0.1) is 11.8 Å². The maximum absolute atomic E-state index is 15.2. The lowest BCUT2D eigenvalue weighted by molar-refractivity contribution is -0.138. The van der Waals surface area contributed by atoms with Gasteiger partial charge in [0, 0.05) is 22.2 Å². The van der Waals surface area contributed by atoms with E-state index in [1.165, 1.54) is 31.4 Å². The van der Waals surface area contributed by atoms with E-state index in [1.807, 2.05) is 0 Å². The van der Waals surface area contributed by atoms with Crippen LogP contribution in [0.3, 0.4) is 0 Å². The number of hydrogen-bond acceptors (Lipinski definition) is 7. The van der Waals surface area contributed by atoms with Crippen molar-refractivity contribution in [3.8, 4) is 0 Å². The molecule has 0 spiro atoms. The number of methoxy groups -OCH3 is 2. The Balaban J connectivity index is 2.09. The summed E-state index contributed by atoms with van der Waals surface area (Å²) >= 11 is 13.2. The molecular weight excluding hydrogens is 518 g/mol. The van der Waals surface area contributed by atoms with Gasteiger partial charge in [-0.3, -0.25) is 9.59 Å². The van der Waals surface area contributed by atoms with Crippen LogP contribution < -0.4 is 4.90 Å². The van der Waals surface area contributed by atoms with Gasteiger partial charge in [-0.25, -0.2) is 14.2 Å². The summed E-state index contributed by atoms with van der Waals surface area (Å²) in [5, 5.41) is 0.363. The predicted octanol–water partition coefficient (Wildman–Crippen LogP) is 5.37. The van der Waals surface area contributed by atoms with Crippen molar-refractivity contribution in [1.29, 1.82) is 0 Å². The highest BCUT2D eigenvalue weighted by molar-refractivity contribution is 8.00. The molecule has 0 saturated carbocycles. The fourth-order valence-electron chi connectivity index (χ4n) is 3.63. The number of hydrogen-bond donors (Lipinski definition) is 0. The molecule has 1 heterocycles. The molecule has 0 bridgehead atoms. The molecule has 1 aromatic heterocycles. The first-order chi connectivity index (χ1) is 16.7. The summed E-state index contributed by atoms with van der Waals surface area (Å²) in [7, 11) is 2.52. The minimum atomic E-state index is -0.733. The number of anilines is 1. The van der Waals surface area contributed by atoms with E-state index in [0.29, 0.717) is 29.7 Å². The van der Waals surface area contributed by atoms with Crippen LogP contribution in [0.15, 0.2) is 46.5 Å². The quantitative estimate of drug-likeness (QED) is 0.252. The van der Waals surface area contributed by atoms with E-state index in [1.54, 1.807) is 12.1 Å². The first-order valence-corrected chi connectivity index (χ1v) is 12.4. The van der Waals surface area contributed by atoms with E-state index in [4.69, 9.17) is 27.9 Å². The summed E-state index contributed by atoms with van der Waals surface area (Å²) in [5.41, 5.74) is 1.11. The molecular formula is C24H23Cl2FN2O5S. The lowest BCUT2D eigenvalue weighted by Crippen LogP contribution is -2.34. The number of rotatable bonds is 8. The van der Waals surface area contributed by atoms with Crippen LogP contribution in [0.5, 0.6) is 0 Å². The second-order valence-corrected chi connectivity index (χ2v) is 9.45. The van der Waals surface area contributed by atoms with Crippen LogP contribution in [-0.2, 0) is 30.4 Å². The Hall–Kier alpha value is -2.62. The van der Waals surface area contributed by atoms with E-state index in [-0.39, 0.29) is 39.3 Å². The third kappa shape index (κ3) is 6.74. The molecule has 186 valence electrons. The Morgan fingerprint density at radius 3 is 2.43 bits per heavy atom. The number of aromatic nitrogens is 1. The molecule has 0 aliphatic heterocycles. The van der Waals surface area contributed by atoms with Crippen LogP contribution in [0.25, 0.3) is 0 Å². The number of thioether (sulfide) groups is 1. The Labute approximate surface area is 216 Å². The maximum atomic E-state index is 15.2. The number of ether oxygens (including phenoxy) is 2. The van der Waals surface area contributed by atoms with Gasteiger partial charge in [-0.1, -0.05) is 29.3 Å². The fourth-order valence-corrected chi connectivity index (χ4v) is 4.84. The van der Waals surface area contributed by atoms with E-state index in [9.17, 15) is 14.4 Å². The van der Waals surface area contributed by atoms with Gasteiger partial charge in [0.2, 0.25) is 0 Å². The topological polar surface area (TPSA) is 85.8 Å². The van der Waals surface area contributed by atoms with Gasteiger partial charge in [-0.2, -0.15) is 0 Å². The van der Waals surface area contributed by atoms with Crippen LogP contribution in [0.4, 0.5) is 10.1 Å². The molecule has 0 unspecified atom stereocenters. The molecule has 1 aromatic carbocycles. The van der Waals surface area contributed by atoms with Gasteiger partial charge >= 0.3 is 11.9 Å². The normalized spacial score (nSPS) is 13.4. The van der Waals surface area contributed by atoms with Gasteiger partial charge < -0.3 is 14.4 Å². The number of amides is 1. The van der Waals surface area contributed by atoms with Gasteiger partial charge in [0.05, 0.1) is 37.2 Å². The van der Waals surface area contributed by atoms with Crippen molar-refractivity contribution in [1.82, 2.24) is 4.98 Å². The van der Waals surface area contributed by atoms with Crippen LogP contribution in [0.1, 0.15) is 31.2 Å². The van der Waals surface area contributed by atoms with Crippen LogP contribution >= 0.6 is 35.0 Å². The third-order valence-electron chi connectivity index (χ3n) is 5.40. The molecule has 0 fully saturated rings. The summed E-state index contributed by atoms with van der Waals surface area (Å²) in [6.45, 7) is -0.0411. The number of carbonyl (C=O) groups is 3. The predicted molar refractivity (Wildman–Crippen MR) is 132 cm³/mol. The van der Waals surface area contributed by atoms with E-state index < -0.39 is 23.7 Å². The number of halogens is 3. The molecule has 0 N–H and O–H groups in total. The van der Waals surface area contributed by atoms with Crippen molar-refractivity contribution in [2.45, 2.75) is 37.1 Å². The molecule has 2 aromatic rings. The molecule has 0 saturated heterocycles. The molecule has 1 amide bonds. The lowest BCUT2D eigenvalue weighted by Gasteiger charge is -2.28. The molecule has 0 atom stereocenters. The second-order valence-electron chi connectivity index (χ2n) is 7.64. The number of carbonyl (C=O) groups excluding carboxylic acids is 3. The van der Waals surface area contributed by atoms with Crippen molar-refractivity contribution in [2.75, 3.05) is 24.9 Å². The zero-order chi connectivity index (χ0) is 25.5. The molecule has 1 aliphatic rings. The highest BCUT2D eigenvalue weighted by atomic mass is 35.5. The summed E-state index contributed by atoms with van der Waals surface area (Å²) in [6, 6.07) is 5.74. The maximum Gasteiger partial charge on any atom is 0.334 e. The largest absolute Gasteiger partial charge is 0.468 e. The average molecular weight is 541 g/mol. The van der Waals surface area contributed by atoms with Gasteiger partial charge in [0.15, 0.2) is 0 Å². The number of pyridine rings is 1. The first kappa shape index (κ1) is 27.0. The monoisotopic (exact) mass is 540 g/mol. The smallest absolute Gasteiger partial charge is 0.334 e. The average Bonchev–Trinajstić information content (AvgIpc) is 2.87. The summed E-state index contributed by atoms with van der Waals surface area (Å²) in [4.78, 5) is 43.4. The number of esters is 2. The molecule has 0 radical (unpaired) electrons. The summed E-state index contributed by atoms with van der Waals surface area (Å²) < 4.78 is 24.8. The zero-order valence-electron chi connectivity index (χ0n) is 19.1. The minimum absolute atomic E-state index is 0.0411. The Bertz CT molecular complexity index is 1160. The second kappa shape index (κ2) is 12.4. The van der Waals surface area contributed by atoms with E-state index >= 15 is 4.39 Å². The van der Waals surface area contributed by atoms with Crippen molar-refractivity contribution in [3.05, 3.63) is 63.2 Å². The van der Waals surface area contributed by atoms with Crippen LogP contribution in [-0.4, -0.2) is 42.8 Å². The van der Waals surface area contributed by atoms with Gasteiger partial charge in [0.1, 0.15) is 11.0 Å². The van der Waals surface area contributed by atoms with E-state index in [2.05, 4.69) is 9.72 Å². The van der Waals surface area contributed by atoms with Crippen LogP contribution in [0.2, 0.25) is 10.2 Å². The third-order valence-corrected chi connectivity index (χ3v) is 7.07. The molecule has 35 heavy (non-hydrogen) atoms. The number of benzene rings is 1. The number of nitrogens with zero attached hydrogens (tertiary/aromatic N) is 2. The Morgan fingerprint density at radius 2 is 1.80 bits per heavy atom. The highest BCUT2D eigenvalue weighted by Gasteiger charge is 2.30. The molecule has 7 nitrogen and oxygen atoms in total. The van der Waals surface area contributed by atoms with E-state index in [0.717, 1.165) is 24.2 Å². The fraction of sp³-hybridized carbons (Fsp3) is 0.333. The van der Waals surface area contributed by atoms with Crippen molar-refractivity contribution in [2.24, 2.45) is 0 Å². The van der Waals surface area contributed by atoms with Crippen molar-refractivity contribution < 1.29 is 28.2 Å². The first-order valence-electron chi connectivity index (χ1n) is 10.7. The Kier molecular flexibility index (Phi) is 9.54. The standard InChI is InChI=1S/C24H23Cl2FN2O5S/c1-33-22(30)13-35-20-10-19(18(27)9-17(20)25)29(12-14-7-8-21(26)28-11-14)23(31)15-5-3-4-6-16(15)24(32)34-2/h7-11H,3-6,12-13H2,1-2H3. The highest BCUT2D eigenvalue weighted by Crippen LogP contribution is 2.36. The zero-order valence-corrected chi connectivity index (χ0v) is 21.4. The molecule has 11 heteroatoms. The van der Waals surface area contributed by atoms with Crippen molar-refractivity contribution >= 4 is 58.5 Å². The minimum Gasteiger partial charge on any atom is -0.468 e. The van der Waals surface area contributed by atoms with Crippen LogP contribution in [0, 0.1) is 5.82 Å². The summed E-state index contributed by atoms with van der Waals surface area (Å²) in [5.74, 6) is -2.36. The van der Waals surface area contributed by atoms with Gasteiger partial charge in [-0.05, 0) is 49.4 Å². The summed E-state index contributed by atoms with van der Waals surface area (Å²) in [6.07, 6.45) is 3.69. The molecule has 3 rings (SSSR count). The van der Waals surface area contributed by atoms with Gasteiger partial charge in [0.25, 0.3) is 5.91 Å².